The summed E-state index contributed by atoms with van der Waals surface area (Å²) < 4.78 is 25.0. The molecule has 3 rings (SSSR count). The molecule has 1 saturated heterocycles. The Bertz CT molecular complexity index is 1190. The first-order valence-corrected chi connectivity index (χ1v) is 16.0. The fraction of sp³-hybridized carbons (Fsp3) is 0.733. The molecule has 246 valence electrons. The van der Waals surface area contributed by atoms with Crippen molar-refractivity contribution < 1.29 is 52.5 Å². The molecule has 1 heterocycles. The van der Waals surface area contributed by atoms with E-state index in [1.807, 2.05) is 26.0 Å². The SMILES string of the molecule is CC(C)(Br)C(=O)OCC(C)(COC(=O)C(C)(C)Br)C(=O)OCCCOC(=O)CCNC(=O)C1C(C=O)C2(C)OC23C=CC13C. The highest BCUT2D eigenvalue weighted by molar-refractivity contribution is 9.10. The van der Waals surface area contributed by atoms with Crippen molar-refractivity contribution >= 4 is 67.9 Å². The van der Waals surface area contributed by atoms with E-state index < -0.39 is 79.6 Å². The summed E-state index contributed by atoms with van der Waals surface area (Å²) in [6.45, 7) is 10.6. The molecular weight excluding hydrogens is 710 g/mol. The van der Waals surface area contributed by atoms with Gasteiger partial charge in [-0.2, -0.15) is 0 Å². The summed E-state index contributed by atoms with van der Waals surface area (Å²) in [4.78, 5) is 74.5. The van der Waals surface area contributed by atoms with Gasteiger partial charge in [0.05, 0.1) is 31.5 Å². The summed E-state index contributed by atoms with van der Waals surface area (Å²) >= 11 is 6.40. The van der Waals surface area contributed by atoms with Gasteiger partial charge in [0, 0.05) is 18.4 Å². The molecule has 3 aliphatic rings. The lowest BCUT2D eigenvalue weighted by molar-refractivity contribution is -0.171. The van der Waals surface area contributed by atoms with Gasteiger partial charge in [0.2, 0.25) is 5.91 Å². The van der Waals surface area contributed by atoms with Crippen LogP contribution in [0.2, 0.25) is 0 Å². The van der Waals surface area contributed by atoms with Gasteiger partial charge in [0.1, 0.15) is 44.8 Å². The van der Waals surface area contributed by atoms with Gasteiger partial charge >= 0.3 is 23.9 Å². The number of nitrogens with one attached hydrogen (secondary N) is 1. The third kappa shape index (κ3) is 6.91. The molecule has 0 aromatic heterocycles. The second-order valence-electron chi connectivity index (χ2n) is 13.1. The van der Waals surface area contributed by atoms with E-state index in [0.717, 1.165) is 6.29 Å². The summed E-state index contributed by atoms with van der Waals surface area (Å²) in [5.41, 5.74) is -3.35. The number of epoxide rings is 1. The highest BCUT2D eigenvalue weighted by Gasteiger charge is 2.88. The molecule has 1 amide bonds. The highest BCUT2D eigenvalue weighted by atomic mass is 79.9. The standard InChI is InChI=1S/C30H41Br2NO11/c1-25(2,31)22(37)42-16-27(5,17-43-23(38)26(3,4)32)24(39)41-14-8-13-40-19(35)9-12-33-21(36)20-18(15-34)29(7)30(44-29)11-10-28(20,30)6/h10-11,15,18,20H,8-9,12-14,16-17H2,1-7H3,(H,33,36). The first-order chi connectivity index (χ1) is 20.2. The van der Waals surface area contributed by atoms with Crippen LogP contribution in [-0.4, -0.2) is 88.9 Å². The predicted molar refractivity (Wildman–Crippen MR) is 163 cm³/mol. The van der Waals surface area contributed by atoms with Crippen LogP contribution < -0.4 is 5.32 Å². The minimum atomic E-state index is -1.49. The van der Waals surface area contributed by atoms with Crippen LogP contribution in [0.4, 0.5) is 0 Å². The van der Waals surface area contributed by atoms with Crippen molar-refractivity contribution in [2.75, 3.05) is 33.0 Å². The first-order valence-electron chi connectivity index (χ1n) is 14.4. The summed E-state index contributed by atoms with van der Waals surface area (Å²) in [6, 6.07) is 0. The molecule has 0 radical (unpaired) electrons. The van der Waals surface area contributed by atoms with Crippen LogP contribution in [0.5, 0.6) is 0 Å². The predicted octanol–water partition coefficient (Wildman–Crippen LogP) is 2.96. The summed E-state index contributed by atoms with van der Waals surface area (Å²) in [7, 11) is 0. The van der Waals surface area contributed by atoms with Crippen LogP contribution >= 0.6 is 31.9 Å². The second-order valence-corrected chi connectivity index (χ2v) is 17.1. The molecule has 5 atom stereocenters. The van der Waals surface area contributed by atoms with Gasteiger partial charge in [-0.1, -0.05) is 50.9 Å². The minimum absolute atomic E-state index is 0.0330. The number of rotatable bonds is 16. The van der Waals surface area contributed by atoms with E-state index in [2.05, 4.69) is 37.2 Å². The molecule has 1 N–H and O–H groups in total. The molecule has 0 aromatic carbocycles. The van der Waals surface area contributed by atoms with Gasteiger partial charge in [-0.05, 0) is 41.5 Å². The normalized spacial score (nSPS) is 28.5. The zero-order chi connectivity index (χ0) is 33.4. The Morgan fingerprint density at radius 1 is 0.864 bits per heavy atom. The number of amides is 1. The van der Waals surface area contributed by atoms with Crippen molar-refractivity contribution in [1.82, 2.24) is 5.32 Å². The highest BCUT2D eigenvalue weighted by Crippen LogP contribution is 2.77. The van der Waals surface area contributed by atoms with E-state index >= 15 is 0 Å². The molecule has 0 aromatic rings. The number of alkyl halides is 2. The molecular formula is C30H41Br2NO11. The number of esters is 4. The minimum Gasteiger partial charge on any atom is -0.465 e. The Labute approximate surface area is 273 Å². The lowest BCUT2D eigenvalue weighted by atomic mass is 9.63. The average Bonchev–Trinajstić information content (AvgIpc) is 3.57. The van der Waals surface area contributed by atoms with Crippen molar-refractivity contribution in [3.8, 4) is 0 Å². The Morgan fingerprint density at radius 2 is 1.41 bits per heavy atom. The van der Waals surface area contributed by atoms with Crippen LogP contribution in [-0.2, 0) is 52.5 Å². The number of hydrogen-bond acceptors (Lipinski definition) is 11. The second kappa shape index (κ2) is 12.8. The van der Waals surface area contributed by atoms with Gasteiger partial charge < -0.3 is 33.8 Å². The Morgan fingerprint density at radius 3 is 1.89 bits per heavy atom. The first kappa shape index (κ1) is 36.2. The lowest BCUT2D eigenvalue weighted by Crippen LogP contribution is -2.49. The number of halogens is 2. The van der Waals surface area contributed by atoms with Crippen LogP contribution in [0.1, 0.15) is 61.3 Å². The van der Waals surface area contributed by atoms with E-state index in [0.29, 0.717) is 0 Å². The summed E-state index contributed by atoms with van der Waals surface area (Å²) in [5, 5.41) is 2.74. The zero-order valence-electron chi connectivity index (χ0n) is 26.1. The number of hydrogen-bond donors (Lipinski definition) is 1. The van der Waals surface area contributed by atoms with Crippen LogP contribution in [0.25, 0.3) is 0 Å². The van der Waals surface area contributed by atoms with Crippen molar-refractivity contribution in [2.45, 2.75) is 81.2 Å². The average molecular weight is 751 g/mol. The molecule has 12 nitrogen and oxygen atoms in total. The maximum atomic E-state index is 13.0. The number of ether oxygens (including phenoxy) is 5. The molecule has 1 saturated carbocycles. The van der Waals surface area contributed by atoms with Crippen LogP contribution in [0.15, 0.2) is 12.2 Å². The molecule has 2 fully saturated rings. The molecule has 1 spiro atoms. The smallest absolute Gasteiger partial charge is 0.322 e. The zero-order valence-corrected chi connectivity index (χ0v) is 29.3. The van der Waals surface area contributed by atoms with Crippen LogP contribution in [0.3, 0.4) is 0 Å². The molecule has 44 heavy (non-hydrogen) atoms. The van der Waals surface area contributed by atoms with Gasteiger partial charge in [-0.25, -0.2) is 0 Å². The van der Waals surface area contributed by atoms with Crippen molar-refractivity contribution in [2.24, 2.45) is 22.7 Å². The summed E-state index contributed by atoms with van der Waals surface area (Å²) in [6.07, 6.45) is 4.69. The molecule has 5 unspecified atom stereocenters. The van der Waals surface area contributed by atoms with Gasteiger partial charge in [0.15, 0.2) is 0 Å². The lowest BCUT2D eigenvalue weighted by Gasteiger charge is -2.40. The van der Waals surface area contributed by atoms with E-state index in [4.69, 9.17) is 23.7 Å². The van der Waals surface area contributed by atoms with Crippen molar-refractivity contribution in [3.63, 3.8) is 0 Å². The van der Waals surface area contributed by atoms with E-state index in [1.54, 1.807) is 27.7 Å². The number of aldehydes is 1. The van der Waals surface area contributed by atoms with Crippen molar-refractivity contribution in [3.05, 3.63) is 12.2 Å². The Hall–Kier alpha value is -2.32. The number of carbonyl (C=O) groups excluding carboxylic acids is 6. The Kier molecular flexibility index (Phi) is 10.5. The molecule has 0 bridgehead atoms. The van der Waals surface area contributed by atoms with Gasteiger partial charge in [0.25, 0.3) is 0 Å². The third-order valence-corrected chi connectivity index (χ3v) is 9.17. The fourth-order valence-electron chi connectivity index (χ4n) is 5.64. The monoisotopic (exact) mass is 749 g/mol. The summed E-state index contributed by atoms with van der Waals surface area (Å²) in [5.74, 6) is -4.05. The quantitative estimate of drug-likeness (QED) is 0.0469. The van der Waals surface area contributed by atoms with E-state index in [1.165, 1.54) is 6.92 Å². The molecule has 2 aliphatic carbocycles. The fourth-order valence-corrected chi connectivity index (χ4v) is 5.87. The largest absolute Gasteiger partial charge is 0.465 e. The van der Waals surface area contributed by atoms with Gasteiger partial charge in [-0.15, -0.1) is 0 Å². The maximum Gasteiger partial charge on any atom is 0.322 e. The Balaban J connectivity index is 1.40. The molecule has 14 heteroatoms. The number of carbonyl (C=O) groups is 6. The molecule has 1 aliphatic heterocycles. The maximum absolute atomic E-state index is 13.0. The topological polar surface area (TPSA) is 164 Å². The van der Waals surface area contributed by atoms with Crippen LogP contribution in [0, 0.1) is 22.7 Å². The van der Waals surface area contributed by atoms with Crippen molar-refractivity contribution in [1.29, 1.82) is 0 Å². The van der Waals surface area contributed by atoms with E-state index in [9.17, 15) is 28.8 Å². The third-order valence-electron chi connectivity index (χ3n) is 8.52. The van der Waals surface area contributed by atoms with E-state index in [-0.39, 0.29) is 38.5 Å². The van der Waals surface area contributed by atoms with Gasteiger partial charge in [-0.3, -0.25) is 24.0 Å².